The summed E-state index contributed by atoms with van der Waals surface area (Å²) >= 11 is 11.5. The molecule has 5 N–H and O–H groups in total. The maximum atomic E-state index is 11.5. The molecular formula is C43H51Cl3N6O6. The summed E-state index contributed by atoms with van der Waals surface area (Å²) in [4.78, 5) is 41.7. The topological polar surface area (TPSA) is 165 Å². The molecule has 0 fully saturated rings. The van der Waals surface area contributed by atoms with Crippen molar-refractivity contribution >= 4 is 65.1 Å². The number of fused-ring (bicyclic) bond motifs is 2. The largest absolute Gasteiger partial charge is 0.478 e. The zero-order chi connectivity index (χ0) is 41.0. The summed E-state index contributed by atoms with van der Waals surface area (Å²) in [7, 11) is 4.19. The fraction of sp³-hybridized carbons (Fsp3) is 0.326. The second-order valence-corrected chi connectivity index (χ2v) is 14.3. The highest BCUT2D eigenvalue weighted by Gasteiger charge is 2.24. The van der Waals surface area contributed by atoms with Gasteiger partial charge in [-0.05, 0) is 112 Å². The summed E-state index contributed by atoms with van der Waals surface area (Å²) in [5, 5.41) is 25.8. The highest BCUT2D eigenvalue weighted by atomic mass is 35.5. The summed E-state index contributed by atoms with van der Waals surface area (Å²) in [6.45, 7) is 2.87. The molecule has 2 atom stereocenters. The van der Waals surface area contributed by atoms with Gasteiger partial charge in [0.25, 0.3) is 5.91 Å². The number of aromatic nitrogens is 1. The predicted octanol–water partition coefficient (Wildman–Crippen LogP) is 7.65. The van der Waals surface area contributed by atoms with E-state index >= 15 is 0 Å². The van der Waals surface area contributed by atoms with Crippen LogP contribution in [0, 0.1) is 0 Å². The Hall–Kier alpha value is -5.14. The third-order valence-electron chi connectivity index (χ3n) is 8.94. The van der Waals surface area contributed by atoms with Crippen molar-refractivity contribution in [3.63, 3.8) is 0 Å². The number of aliphatic imine (C=N–C) groups is 1. The highest BCUT2D eigenvalue weighted by molar-refractivity contribution is 6.30. The molecule has 0 saturated carbocycles. The van der Waals surface area contributed by atoms with Crippen molar-refractivity contribution < 1.29 is 29.3 Å². The summed E-state index contributed by atoms with van der Waals surface area (Å²) in [6.07, 6.45) is 9.40. The monoisotopic (exact) mass is 852 g/mol. The first-order valence-electron chi connectivity index (χ1n) is 18.8. The van der Waals surface area contributed by atoms with E-state index in [-0.39, 0.29) is 24.5 Å². The van der Waals surface area contributed by atoms with Crippen molar-refractivity contribution in [2.75, 3.05) is 44.9 Å². The van der Waals surface area contributed by atoms with E-state index < -0.39 is 11.9 Å². The van der Waals surface area contributed by atoms with Gasteiger partial charge < -0.3 is 35.8 Å². The van der Waals surface area contributed by atoms with Crippen LogP contribution in [0.1, 0.15) is 64.3 Å². The number of carbonyl (C=O) groups excluding carboxylic acids is 1. The van der Waals surface area contributed by atoms with Crippen molar-refractivity contribution in [1.29, 1.82) is 0 Å². The number of hydrogen-bond acceptors (Lipinski definition) is 9. The van der Waals surface area contributed by atoms with Gasteiger partial charge in [0.2, 0.25) is 0 Å². The average Bonchev–Trinajstić information content (AvgIpc) is 3.73. The summed E-state index contributed by atoms with van der Waals surface area (Å²) < 4.78 is 5.53. The number of benzene rings is 3. The third kappa shape index (κ3) is 16.0. The minimum absolute atomic E-state index is 0. The van der Waals surface area contributed by atoms with Crippen LogP contribution < -0.4 is 20.7 Å². The van der Waals surface area contributed by atoms with Crippen molar-refractivity contribution in [2.24, 2.45) is 4.99 Å². The van der Waals surface area contributed by atoms with Crippen LogP contribution in [0.25, 0.3) is 0 Å². The van der Waals surface area contributed by atoms with E-state index in [9.17, 15) is 14.4 Å². The molecule has 3 heterocycles. The lowest BCUT2D eigenvalue weighted by atomic mass is 9.90. The number of nitrogens with one attached hydrogen (secondary N) is 3. The Bertz CT molecular complexity index is 1950. The lowest BCUT2D eigenvalue weighted by Gasteiger charge is -2.25. The Balaban J connectivity index is 0.000000213. The fourth-order valence-electron chi connectivity index (χ4n) is 6.19. The zero-order valence-electron chi connectivity index (χ0n) is 32.6. The molecule has 0 saturated heterocycles. The highest BCUT2D eigenvalue weighted by Crippen LogP contribution is 2.29. The molecule has 12 nitrogen and oxygen atoms in total. The van der Waals surface area contributed by atoms with Gasteiger partial charge in [0.05, 0.1) is 12.1 Å². The Morgan fingerprint density at radius 1 is 0.966 bits per heavy atom. The van der Waals surface area contributed by atoms with Gasteiger partial charge in [-0.2, -0.15) is 0 Å². The van der Waals surface area contributed by atoms with Gasteiger partial charge in [-0.15, -0.1) is 24.0 Å². The van der Waals surface area contributed by atoms with E-state index in [1.165, 1.54) is 48.1 Å². The number of carboxylic acid groups (broad SMARTS) is 2. The van der Waals surface area contributed by atoms with Crippen LogP contribution in [-0.2, 0) is 22.4 Å². The van der Waals surface area contributed by atoms with Gasteiger partial charge in [-0.1, -0.05) is 54.1 Å². The number of nitrogens with zero attached hydrogens (tertiary/aromatic N) is 3. The summed E-state index contributed by atoms with van der Waals surface area (Å²) in [5.41, 5.74) is 7.21. The molecule has 15 heteroatoms. The van der Waals surface area contributed by atoms with Crippen LogP contribution >= 0.6 is 35.6 Å². The Labute approximate surface area is 356 Å². The fourth-order valence-corrected chi connectivity index (χ4v) is 6.52. The number of carbonyl (C=O) groups is 3. The number of aliphatic carboxylic acids is 2. The molecule has 58 heavy (non-hydrogen) atoms. The lowest BCUT2D eigenvalue weighted by molar-refractivity contribution is -0.134. The van der Waals surface area contributed by atoms with Crippen molar-refractivity contribution in [3.05, 3.63) is 136 Å². The molecule has 1 amide bonds. The molecule has 0 spiro atoms. The minimum Gasteiger partial charge on any atom is -0.478 e. The predicted molar refractivity (Wildman–Crippen MR) is 233 cm³/mol. The molecule has 3 aromatic carbocycles. The molecular weight excluding hydrogens is 803 g/mol. The SMILES string of the molecule is CN(C)CC[C@H](c1ccc(Cl)cc1)c1ccccn1.Cl.O=C(O)/C=C\C(=O)O.O=C1NC(CCCl)Oc2ccccc21.c1cc2c(c(NC3=NCCN3)c1)CCCC2. The number of hydrogen-bond donors (Lipinski definition) is 5. The van der Waals surface area contributed by atoms with E-state index in [0.717, 1.165) is 42.7 Å². The van der Waals surface area contributed by atoms with Crippen LogP contribution in [-0.4, -0.2) is 89.7 Å². The summed E-state index contributed by atoms with van der Waals surface area (Å²) in [5.74, 6) is -0.263. The van der Waals surface area contributed by atoms with Crippen LogP contribution in [0.15, 0.2) is 108 Å². The maximum absolute atomic E-state index is 11.5. The van der Waals surface area contributed by atoms with Crippen molar-refractivity contribution in [2.45, 2.75) is 50.7 Å². The quantitative estimate of drug-likeness (QED) is 0.0791. The number of guanidine groups is 1. The van der Waals surface area contributed by atoms with E-state index in [2.05, 4.69) is 81.3 Å². The van der Waals surface area contributed by atoms with Crippen molar-refractivity contribution in [3.8, 4) is 5.75 Å². The van der Waals surface area contributed by atoms with Gasteiger partial charge in [-0.25, -0.2) is 9.59 Å². The van der Waals surface area contributed by atoms with Crippen molar-refractivity contribution in [1.82, 2.24) is 20.5 Å². The standard InChI is InChI=1S/C16H19ClN2.C13H17N3.C10H10ClNO2.C4H4O4.ClH/c1-19(2)12-10-15(16-5-3-4-11-18-16)13-6-8-14(17)9-7-13;1-2-6-11-10(4-1)5-3-7-12(11)16-13-14-8-9-15-13;11-6-5-9-12-10(13)7-3-1-2-4-8(7)14-9;5-3(6)1-2-4(7)8;/h3-9,11,15H,10,12H2,1-2H3;3,5,7H,1-2,4,6,8-9H2,(H2,14,15,16);1-4,9H,5-6H2,(H,12,13);1-2H,(H,5,6)(H,7,8);1H/b;;;2-1-;/t15-;;;;/m1..../s1. The number of ether oxygens (including phenoxy) is 1. The van der Waals surface area contributed by atoms with Gasteiger partial charge in [0.1, 0.15) is 5.75 Å². The number of amides is 1. The van der Waals surface area contributed by atoms with Crippen LogP contribution in [0.3, 0.4) is 0 Å². The number of alkyl halides is 1. The number of para-hydroxylation sites is 1. The minimum atomic E-state index is -1.26. The molecule has 0 bridgehead atoms. The van der Waals surface area contributed by atoms with Gasteiger partial charge >= 0.3 is 11.9 Å². The number of aryl methyl sites for hydroxylation is 1. The van der Waals surface area contributed by atoms with Crippen LogP contribution in [0.4, 0.5) is 5.69 Å². The Kier molecular flexibility index (Phi) is 20.6. The molecule has 2 aliphatic heterocycles. The first-order chi connectivity index (χ1) is 27.5. The Morgan fingerprint density at radius 2 is 1.67 bits per heavy atom. The molecule has 3 aliphatic rings. The van der Waals surface area contributed by atoms with E-state index in [4.69, 9.17) is 38.2 Å². The van der Waals surface area contributed by atoms with Crippen LogP contribution in [0.2, 0.25) is 5.02 Å². The van der Waals surface area contributed by atoms with E-state index in [0.29, 0.717) is 41.7 Å². The molecule has 0 radical (unpaired) electrons. The second kappa shape index (κ2) is 25.3. The normalized spacial score (nSPS) is 15.3. The molecule has 310 valence electrons. The molecule has 7 rings (SSSR count). The number of halogens is 3. The van der Waals surface area contributed by atoms with Crippen LogP contribution in [0.5, 0.6) is 5.75 Å². The first kappa shape index (κ1) is 47.2. The maximum Gasteiger partial charge on any atom is 0.328 e. The van der Waals surface area contributed by atoms with Gasteiger partial charge in [0, 0.05) is 59.5 Å². The first-order valence-corrected chi connectivity index (χ1v) is 19.7. The van der Waals surface area contributed by atoms with Gasteiger partial charge in [-0.3, -0.25) is 14.8 Å². The third-order valence-corrected chi connectivity index (χ3v) is 9.41. The smallest absolute Gasteiger partial charge is 0.328 e. The number of rotatable bonds is 10. The molecule has 1 aromatic heterocycles. The lowest BCUT2D eigenvalue weighted by Crippen LogP contribution is -2.43. The molecule has 1 aliphatic carbocycles. The number of anilines is 1. The number of carboxylic acids is 2. The number of pyridine rings is 1. The molecule has 4 aromatic rings. The Morgan fingerprint density at radius 3 is 2.31 bits per heavy atom. The molecule has 1 unspecified atom stereocenters. The van der Waals surface area contributed by atoms with Gasteiger partial charge in [0.15, 0.2) is 12.2 Å². The van der Waals surface area contributed by atoms with E-state index in [1.807, 2.05) is 42.6 Å². The zero-order valence-corrected chi connectivity index (χ0v) is 34.9. The second-order valence-electron chi connectivity index (χ2n) is 13.4. The average molecular weight is 854 g/mol. The van der Waals surface area contributed by atoms with E-state index in [1.54, 1.807) is 12.1 Å². The summed E-state index contributed by atoms with van der Waals surface area (Å²) in [6, 6.07) is 27.9.